The predicted molar refractivity (Wildman–Crippen MR) is 91.8 cm³/mol. The van der Waals surface area contributed by atoms with E-state index in [-0.39, 0.29) is 5.97 Å². The molecule has 2 aromatic rings. The largest absolute Gasteiger partial charge is 0.465 e. The van der Waals surface area contributed by atoms with Gasteiger partial charge >= 0.3 is 5.97 Å². The van der Waals surface area contributed by atoms with Crippen LogP contribution in [0.2, 0.25) is 0 Å². The van der Waals surface area contributed by atoms with Gasteiger partial charge in [0.2, 0.25) is 0 Å². The molecule has 0 unspecified atom stereocenters. The molecular weight excluding hydrogens is 288 g/mol. The van der Waals surface area contributed by atoms with Crippen LogP contribution in [0.15, 0.2) is 34.7 Å². The van der Waals surface area contributed by atoms with Crippen molar-refractivity contribution < 1.29 is 13.9 Å². The molecule has 1 aromatic heterocycles. The lowest BCUT2D eigenvalue weighted by Crippen LogP contribution is -2.09. The third-order valence-corrected chi connectivity index (χ3v) is 3.85. The Balaban J connectivity index is 2.30. The van der Waals surface area contributed by atoms with Gasteiger partial charge in [-0.05, 0) is 38.2 Å². The first-order chi connectivity index (χ1) is 11.0. The summed E-state index contributed by atoms with van der Waals surface area (Å²) in [6.45, 7) is 8.36. The molecule has 1 heterocycles. The van der Waals surface area contributed by atoms with Gasteiger partial charge in [0.25, 0.3) is 0 Å². The van der Waals surface area contributed by atoms with E-state index < -0.39 is 0 Å². The summed E-state index contributed by atoms with van der Waals surface area (Å²) in [5, 5.41) is 0. The third-order valence-electron chi connectivity index (χ3n) is 3.85. The van der Waals surface area contributed by atoms with Gasteiger partial charge in [-0.3, -0.25) is 0 Å². The Morgan fingerprint density at radius 3 is 2.48 bits per heavy atom. The molecule has 3 heteroatoms. The van der Waals surface area contributed by atoms with E-state index in [1.807, 2.05) is 32.0 Å². The molecule has 0 N–H and O–H groups in total. The summed E-state index contributed by atoms with van der Waals surface area (Å²) in [6, 6.07) is 10.3. The molecule has 0 aliphatic heterocycles. The third kappa shape index (κ3) is 4.47. The van der Waals surface area contributed by atoms with Crippen molar-refractivity contribution >= 4 is 5.97 Å². The number of aryl methyl sites for hydroxylation is 2. The molecule has 2 rings (SSSR count). The summed E-state index contributed by atoms with van der Waals surface area (Å²) in [7, 11) is 0. The predicted octanol–water partition coefficient (Wildman–Crippen LogP) is 4.75. The van der Waals surface area contributed by atoms with Crippen molar-refractivity contribution in [2.45, 2.75) is 47.0 Å². The molecule has 0 bridgehead atoms. The maximum atomic E-state index is 12.3. The van der Waals surface area contributed by atoms with E-state index in [0.717, 1.165) is 30.6 Å². The molecule has 0 saturated heterocycles. The molecule has 0 atom stereocenters. The second-order valence-electron chi connectivity index (χ2n) is 6.24. The minimum atomic E-state index is -0.271. The summed E-state index contributed by atoms with van der Waals surface area (Å²) < 4.78 is 11.1. The Kier molecular flexibility index (Phi) is 6.03. The molecule has 0 amide bonds. The van der Waals surface area contributed by atoms with E-state index in [2.05, 4.69) is 26.0 Å². The Hall–Kier alpha value is -2.03. The maximum absolute atomic E-state index is 12.3. The highest BCUT2D eigenvalue weighted by Gasteiger charge is 2.24. The van der Waals surface area contributed by atoms with E-state index in [4.69, 9.17) is 9.15 Å². The molecule has 3 nitrogen and oxygen atoms in total. The monoisotopic (exact) mass is 314 g/mol. The van der Waals surface area contributed by atoms with Gasteiger partial charge in [0.05, 0.1) is 6.61 Å². The normalized spacial score (nSPS) is 11.0. The summed E-state index contributed by atoms with van der Waals surface area (Å²) in [5.41, 5.74) is 2.90. The zero-order valence-electron chi connectivity index (χ0n) is 14.5. The van der Waals surface area contributed by atoms with Crippen molar-refractivity contribution in [3.8, 4) is 0 Å². The quantitative estimate of drug-likeness (QED) is 0.692. The van der Waals surface area contributed by atoms with Crippen LogP contribution in [0.25, 0.3) is 0 Å². The Morgan fingerprint density at radius 2 is 1.87 bits per heavy atom. The fraction of sp³-hybridized carbons (Fsp3) is 0.450. The van der Waals surface area contributed by atoms with E-state index in [1.54, 1.807) is 0 Å². The number of hydrogen-bond donors (Lipinski definition) is 0. The Bertz CT molecular complexity index is 638. The van der Waals surface area contributed by atoms with Crippen LogP contribution < -0.4 is 0 Å². The SMILES string of the molecule is CCOC(=O)c1c(C)oc(CC(C)C)c1CCc1ccccc1. The smallest absolute Gasteiger partial charge is 0.341 e. The van der Waals surface area contributed by atoms with E-state index in [9.17, 15) is 4.79 Å². The first-order valence-electron chi connectivity index (χ1n) is 8.35. The van der Waals surface area contributed by atoms with Crippen molar-refractivity contribution in [2.24, 2.45) is 5.92 Å². The van der Waals surface area contributed by atoms with Crippen LogP contribution in [0.5, 0.6) is 0 Å². The lowest BCUT2D eigenvalue weighted by Gasteiger charge is -2.08. The average Bonchev–Trinajstić information content (AvgIpc) is 2.81. The van der Waals surface area contributed by atoms with Crippen LogP contribution in [-0.4, -0.2) is 12.6 Å². The summed E-state index contributed by atoms with van der Waals surface area (Å²) in [5.74, 6) is 1.80. The van der Waals surface area contributed by atoms with Gasteiger partial charge in [0.1, 0.15) is 17.1 Å². The highest BCUT2D eigenvalue weighted by atomic mass is 16.5. The maximum Gasteiger partial charge on any atom is 0.341 e. The Labute approximate surface area is 138 Å². The van der Waals surface area contributed by atoms with Gasteiger partial charge in [0, 0.05) is 12.0 Å². The van der Waals surface area contributed by atoms with Crippen molar-refractivity contribution in [2.75, 3.05) is 6.61 Å². The lowest BCUT2D eigenvalue weighted by atomic mass is 9.97. The summed E-state index contributed by atoms with van der Waals surface area (Å²) in [4.78, 5) is 12.3. The topological polar surface area (TPSA) is 39.4 Å². The highest BCUT2D eigenvalue weighted by Crippen LogP contribution is 2.27. The van der Waals surface area contributed by atoms with Gasteiger partial charge in [-0.15, -0.1) is 0 Å². The van der Waals surface area contributed by atoms with Crippen LogP contribution >= 0.6 is 0 Å². The number of furan rings is 1. The highest BCUT2D eigenvalue weighted by molar-refractivity contribution is 5.92. The van der Waals surface area contributed by atoms with Crippen molar-refractivity contribution in [3.63, 3.8) is 0 Å². The molecule has 0 aliphatic rings. The zero-order valence-corrected chi connectivity index (χ0v) is 14.5. The Morgan fingerprint density at radius 1 is 1.17 bits per heavy atom. The minimum Gasteiger partial charge on any atom is -0.465 e. The van der Waals surface area contributed by atoms with Gasteiger partial charge in [-0.25, -0.2) is 4.79 Å². The first-order valence-corrected chi connectivity index (χ1v) is 8.35. The minimum absolute atomic E-state index is 0.271. The van der Waals surface area contributed by atoms with E-state index in [0.29, 0.717) is 23.8 Å². The average molecular weight is 314 g/mol. The molecule has 0 spiro atoms. The van der Waals surface area contributed by atoms with E-state index >= 15 is 0 Å². The number of hydrogen-bond acceptors (Lipinski definition) is 3. The van der Waals surface area contributed by atoms with Gasteiger partial charge in [-0.1, -0.05) is 44.2 Å². The molecule has 124 valence electrons. The lowest BCUT2D eigenvalue weighted by molar-refractivity contribution is 0.0523. The summed E-state index contributed by atoms with van der Waals surface area (Å²) in [6.07, 6.45) is 2.51. The van der Waals surface area contributed by atoms with Crippen molar-refractivity contribution in [1.82, 2.24) is 0 Å². The number of rotatable bonds is 7. The van der Waals surface area contributed by atoms with Gasteiger partial charge in [0.15, 0.2) is 0 Å². The van der Waals surface area contributed by atoms with Gasteiger partial charge < -0.3 is 9.15 Å². The second-order valence-corrected chi connectivity index (χ2v) is 6.24. The molecule has 23 heavy (non-hydrogen) atoms. The van der Waals surface area contributed by atoms with Crippen LogP contribution in [0.4, 0.5) is 0 Å². The van der Waals surface area contributed by atoms with Crippen LogP contribution in [0, 0.1) is 12.8 Å². The molecule has 0 aliphatic carbocycles. The molecule has 0 saturated carbocycles. The number of carbonyl (C=O) groups excluding carboxylic acids is 1. The number of benzene rings is 1. The number of esters is 1. The molecular formula is C20H26O3. The van der Waals surface area contributed by atoms with Crippen LogP contribution in [0.3, 0.4) is 0 Å². The van der Waals surface area contributed by atoms with Crippen molar-refractivity contribution in [1.29, 1.82) is 0 Å². The molecule has 0 fully saturated rings. The fourth-order valence-electron chi connectivity index (χ4n) is 2.83. The number of ether oxygens (including phenoxy) is 1. The standard InChI is InChI=1S/C20H26O3/c1-5-22-20(21)19-15(4)23-18(13-14(2)3)17(19)12-11-16-9-7-6-8-10-16/h6-10,14H,5,11-13H2,1-4H3. The number of carbonyl (C=O) groups is 1. The van der Waals surface area contributed by atoms with Gasteiger partial charge in [-0.2, -0.15) is 0 Å². The zero-order chi connectivity index (χ0) is 16.8. The van der Waals surface area contributed by atoms with Crippen molar-refractivity contribution in [3.05, 3.63) is 58.5 Å². The summed E-state index contributed by atoms with van der Waals surface area (Å²) >= 11 is 0. The second kappa shape index (κ2) is 8.00. The van der Waals surface area contributed by atoms with Crippen LogP contribution in [0.1, 0.15) is 53.8 Å². The molecule has 0 radical (unpaired) electrons. The van der Waals surface area contributed by atoms with Crippen LogP contribution in [-0.2, 0) is 24.0 Å². The first kappa shape index (κ1) is 17.3. The fourth-order valence-corrected chi connectivity index (χ4v) is 2.83. The van der Waals surface area contributed by atoms with E-state index in [1.165, 1.54) is 5.56 Å². The molecule has 1 aromatic carbocycles.